The molecule has 0 aromatic rings. The highest BCUT2D eigenvalue weighted by Gasteiger charge is 2.51. The third-order valence-electron chi connectivity index (χ3n) is 4.66. The van der Waals surface area contributed by atoms with Crippen molar-refractivity contribution in [3.8, 4) is 0 Å². The molecule has 5 nitrogen and oxygen atoms in total. The summed E-state index contributed by atoms with van der Waals surface area (Å²) in [5, 5.41) is 9.28. The standard InChI is InChI=1S/C16H28O5Si/c1-11-7-14-15(12(8-17)16(18)21-14)13(11)9-20-10-19-5-6-22(2,3)4/h8,11,13-15,17H,5-7,9-10H2,1-4H3/b12-8+/t11-,13+,14-,15+/m0/s1. The summed E-state index contributed by atoms with van der Waals surface area (Å²) in [6, 6.07) is 1.13. The molecule has 22 heavy (non-hydrogen) atoms. The van der Waals surface area contributed by atoms with Crippen LogP contribution in [0.2, 0.25) is 25.7 Å². The number of hydrogen-bond donors (Lipinski definition) is 1. The molecule has 2 aliphatic rings. The number of esters is 1. The molecule has 1 aliphatic carbocycles. The topological polar surface area (TPSA) is 65.0 Å². The van der Waals surface area contributed by atoms with Crippen LogP contribution in [0, 0.1) is 17.8 Å². The van der Waals surface area contributed by atoms with Crippen molar-refractivity contribution in [1.29, 1.82) is 0 Å². The van der Waals surface area contributed by atoms with E-state index in [1.807, 2.05) is 0 Å². The molecule has 0 aromatic heterocycles. The first-order valence-electron chi connectivity index (χ1n) is 8.04. The van der Waals surface area contributed by atoms with Crippen LogP contribution in [-0.4, -0.2) is 45.3 Å². The Morgan fingerprint density at radius 1 is 1.36 bits per heavy atom. The highest BCUT2D eigenvalue weighted by Crippen LogP contribution is 2.47. The van der Waals surface area contributed by atoms with E-state index in [2.05, 4.69) is 26.6 Å². The first-order valence-corrected chi connectivity index (χ1v) is 11.7. The second-order valence-corrected chi connectivity index (χ2v) is 13.3. The average molecular weight is 328 g/mol. The minimum absolute atomic E-state index is 0.0468. The molecule has 1 saturated heterocycles. The third-order valence-corrected chi connectivity index (χ3v) is 6.37. The molecular formula is C16H28O5Si. The molecule has 6 heteroatoms. The van der Waals surface area contributed by atoms with Crippen molar-refractivity contribution in [2.45, 2.75) is 45.1 Å². The molecule has 126 valence electrons. The predicted molar refractivity (Wildman–Crippen MR) is 86.3 cm³/mol. The van der Waals surface area contributed by atoms with Gasteiger partial charge in [-0.05, 0) is 24.3 Å². The van der Waals surface area contributed by atoms with Crippen LogP contribution in [0.1, 0.15) is 13.3 Å². The van der Waals surface area contributed by atoms with E-state index in [0.29, 0.717) is 18.1 Å². The zero-order valence-corrected chi connectivity index (χ0v) is 15.0. The zero-order chi connectivity index (χ0) is 16.3. The largest absolute Gasteiger partial charge is 0.515 e. The van der Waals surface area contributed by atoms with Gasteiger partial charge in [-0.3, -0.25) is 0 Å². The number of carbonyl (C=O) groups is 1. The Kier molecular flexibility index (Phi) is 5.69. The lowest BCUT2D eigenvalue weighted by atomic mass is 9.87. The molecule has 2 rings (SSSR count). The molecule has 1 N–H and O–H groups in total. The fourth-order valence-electron chi connectivity index (χ4n) is 3.30. The van der Waals surface area contributed by atoms with Gasteiger partial charge in [0.05, 0.1) is 18.4 Å². The van der Waals surface area contributed by atoms with Crippen LogP contribution in [-0.2, 0) is 19.0 Å². The molecule has 0 amide bonds. The van der Waals surface area contributed by atoms with Crippen LogP contribution < -0.4 is 0 Å². The van der Waals surface area contributed by atoms with Gasteiger partial charge in [0.25, 0.3) is 0 Å². The van der Waals surface area contributed by atoms with E-state index in [-0.39, 0.29) is 30.7 Å². The molecule has 1 aliphatic heterocycles. The Balaban J connectivity index is 1.76. The van der Waals surface area contributed by atoms with Crippen molar-refractivity contribution < 1.29 is 24.1 Å². The van der Waals surface area contributed by atoms with Crippen LogP contribution in [0.15, 0.2) is 11.8 Å². The van der Waals surface area contributed by atoms with Crippen molar-refractivity contribution in [3.63, 3.8) is 0 Å². The number of hydrogen-bond acceptors (Lipinski definition) is 5. The quantitative estimate of drug-likeness (QED) is 0.194. The third kappa shape index (κ3) is 4.11. The number of rotatable bonds is 7. The number of aliphatic hydroxyl groups is 1. The summed E-state index contributed by atoms with van der Waals surface area (Å²) in [7, 11) is -1.06. The first-order chi connectivity index (χ1) is 10.3. The second kappa shape index (κ2) is 7.15. The Labute approximate surface area is 133 Å². The normalized spacial score (nSPS) is 33.3. The van der Waals surface area contributed by atoms with Crippen molar-refractivity contribution in [1.82, 2.24) is 0 Å². The van der Waals surface area contributed by atoms with Crippen molar-refractivity contribution >= 4 is 14.0 Å². The molecule has 0 bridgehead atoms. The minimum Gasteiger partial charge on any atom is -0.515 e. The summed E-state index contributed by atoms with van der Waals surface area (Å²) < 4.78 is 16.5. The van der Waals surface area contributed by atoms with E-state index in [1.165, 1.54) is 0 Å². The van der Waals surface area contributed by atoms with Gasteiger partial charge in [0.15, 0.2) is 0 Å². The maximum absolute atomic E-state index is 11.7. The van der Waals surface area contributed by atoms with Gasteiger partial charge >= 0.3 is 5.97 Å². The van der Waals surface area contributed by atoms with E-state index < -0.39 is 8.07 Å². The van der Waals surface area contributed by atoms with Gasteiger partial charge in [0.1, 0.15) is 12.9 Å². The van der Waals surface area contributed by atoms with Crippen LogP contribution in [0.4, 0.5) is 0 Å². The first kappa shape index (κ1) is 17.5. The molecule has 0 spiro atoms. The molecule has 4 atom stereocenters. The van der Waals surface area contributed by atoms with Crippen molar-refractivity contribution in [2.75, 3.05) is 20.0 Å². The van der Waals surface area contributed by atoms with Crippen LogP contribution in [0.25, 0.3) is 0 Å². The van der Waals surface area contributed by atoms with Gasteiger partial charge in [0, 0.05) is 20.6 Å². The highest BCUT2D eigenvalue weighted by molar-refractivity contribution is 6.76. The molecule has 2 fully saturated rings. The van der Waals surface area contributed by atoms with Gasteiger partial charge in [0.2, 0.25) is 0 Å². The fourth-order valence-corrected chi connectivity index (χ4v) is 4.06. The maximum Gasteiger partial charge on any atom is 0.337 e. The molecule has 0 radical (unpaired) electrons. The smallest absolute Gasteiger partial charge is 0.337 e. The predicted octanol–water partition coefficient (Wildman–Crippen LogP) is 2.95. The summed E-state index contributed by atoms with van der Waals surface area (Å²) in [5.41, 5.74) is 0.391. The van der Waals surface area contributed by atoms with E-state index >= 15 is 0 Å². The van der Waals surface area contributed by atoms with Gasteiger partial charge in [-0.15, -0.1) is 0 Å². The van der Waals surface area contributed by atoms with Crippen molar-refractivity contribution in [3.05, 3.63) is 11.8 Å². The average Bonchev–Trinajstić information content (AvgIpc) is 2.86. The molecule has 0 aromatic carbocycles. The lowest BCUT2D eigenvalue weighted by molar-refractivity contribution is -0.139. The van der Waals surface area contributed by atoms with E-state index in [4.69, 9.17) is 14.2 Å². The van der Waals surface area contributed by atoms with Gasteiger partial charge in [-0.2, -0.15) is 0 Å². The minimum atomic E-state index is -1.06. The van der Waals surface area contributed by atoms with E-state index in [1.54, 1.807) is 0 Å². The molecule has 1 heterocycles. The number of fused-ring (bicyclic) bond motifs is 1. The van der Waals surface area contributed by atoms with Gasteiger partial charge in [-0.25, -0.2) is 4.79 Å². The number of aliphatic hydroxyl groups excluding tert-OH is 1. The highest BCUT2D eigenvalue weighted by atomic mass is 28.3. The van der Waals surface area contributed by atoms with Crippen LogP contribution in [0.3, 0.4) is 0 Å². The molecular weight excluding hydrogens is 300 g/mol. The maximum atomic E-state index is 11.7. The van der Waals surface area contributed by atoms with Crippen LogP contribution in [0.5, 0.6) is 0 Å². The van der Waals surface area contributed by atoms with Gasteiger partial charge < -0.3 is 19.3 Å². The zero-order valence-electron chi connectivity index (χ0n) is 14.0. The summed E-state index contributed by atoms with van der Waals surface area (Å²) in [6.07, 6.45) is 1.63. The fraction of sp³-hybridized carbons (Fsp3) is 0.812. The Hall–Kier alpha value is -0.853. The lowest BCUT2D eigenvalue weighted by Crippen LogP contribution is -2.24. The van der Waals surface area contributed by atoms with Crippen LogP contribution >= 0.6 is 0 Å². The van der Waals surface area contributed by atoms with Gasteiger partial charge in [-0.1, -0.05) is 26.6 Å². The summed E-state index contributed by atoms with van der Waals surface area (Å²) in [6.45, 7) is 10.7. The SMILES string of the molecule is C[C@H]1C[C@@H]2OC(=O)/C(=C/O)[C@@H]2[C@@H]1COCOCC[Si](C)(C)C. The molecule has 1 saturated carbocycles. The van der Waals surface area contributed by atoms with E-state index in [9.17, 15) is 9.90 Å². The number of ether oxygens (including phenoxy) is 3. The summed E-state index contributed by atoms with van der Waals surface area (Å²) >= 11 is 0. The monoisotopic (exact) mass is 328 g/mol. The lowest BCUT2D eigenvalue weighted by Gasteiger charge is -2.21. The van der Waals surface area contributed by atoms with Crippen molar-refractivity contribution in [2.24, 2.45) is 17.8 Å². The number of carbonyl (C=O) groups excluding carboxylic acids is 1. The summed E-state index contributed by atoms with van der Waals surface area (Å²) in [5.74, 6) is 0.158. The Morgan fingerprint density at radius 3 is 2.73 bits per heavy atom. The Bertz CT molecular complexity index is 429. The molecule has 0 unspecified atom stereocenters. The Morgan fingerprint density at radius 2 is 2.09 bits per heavy atom. The van der Waals surface area contributed by atoms with E-state index in [0.717, 1.165) is 25.3 Å². The summed E-state index contributed by atoms with van der Waals surface area (Å²) in [4.78, 5) is 11.7. The second-order valence-electron chi connectivity index (χ2n) is 7.64.